The number of esters is 2. The molecule has 0 rings (SSSR count). The van der Waals surface area contributed by atoms with Crippen LogP contribution in [0.4, 0.5) is 0 Å². The fraction of sp³-hybridized carbons (Fsp3) is 0.722. The lowest BCUT2D eigenvalue weighted by Gasteiger charge is -2.15. The van der Waals surface area contributed by atoms with Gasteiger partial charge in [-0.3, -0.25) is 9.59 Å². The summed E-state index contributed by atoms with van der Waals surface area (Å²) in [6.07, 6.45) is 108. The fourth-order valence-electron chi connectivity index (χ4n) is 10.4. The van der Waals surface area contributed by atoms with Crippen molar-refractivity contribution in [1.82, 2.24) is 0 Å². The van der Waals surface area contributed by atoms with E-state index in [0.29, 0.717) is 12.8 Å². The Hall–Kier alpha value is -3.70. The highest BCUT2D eigenvalue weighted by molar-refractivity contribution is 5.70. The molecule has 0 spiro atoms. The average molecular weight is 1170 g/mol. The van der Waals surface area contributed by atoms with Gasteiger partial charge < -0.3 is 14.6 Å². The zero-order valence-corrected chi connectivity index (χ0v) is 55.4. The summed E-state index contributed by atoms with van der Waals surface area (Å²) in [6, 6.07) is 0. The maximum Gasteiger partial charge on any atom is 0.306 e. The Labute approximate surface area is 522 Å². The number of carbonyl (C=O) groups is 2. The van der Waals surface area contributed by atoms with Crippen molar-refractivity contribution < 1.29 is 24.2 Å². The SMILES string of the molecule is CC/C=C\C/C=C\C/C=C\C/C=C\C/C=C\C/C=C\C/C=C\C/C=C\CCCCCCC(=O)OC(CO)COC(=O)CCCCCCCCCCCCCCCCCCCCCCCCCCCCCCC/C=C\C/C=C\CCCCCCC. The third-order valence-electron chi connectivity index (χ3n) is 15.7. The largest absolute Gasteiger partial charge is 0.462 e. The van der Waals surface area contributed by atoms with Gasteiger partial charge in [0.05, 0.1) is 6.61 Å². The van der Waals surface area contributed by atoms with Gasteiger partial charge in [0.2, 0.25) is 0 Å². The molecule has 0 aromatic rings. The highest BCUT2D eigenvalue weighted by atomic mass is 16.6. The van der Waals surface area contributed by atoms with Crippen molar-refractivity contribution in [1.29, 1.82) is 0 Å². The van der Waals surface area contributed by atoms with E-state index in [2.05, 4.69) is 135 Å². The molecule has 0 aliphatic heterocycles. The van der Waals surface area contributed by atoms with E-state index in [1.165, 1.54) is 212 Å². The number of carbonyl (C=O) groups excluding carboxylic acids is 2. The number of unbranched alkanes of at least 4 members (excludes halogenated alkanes) is 38. The van der Waals surface area contributed by atoms with Crippen LogP contribution in [0.2, 0.25) is 0 Å². The molecule has 0 aromatic carbocycles. The number of hydrogen-bond acceptors (Lipinski definition) is 5. The highest BCUT2D eigenvalue weighted by Gasteiger charge is 2.16. The van der Waals surface area contributed by atoms with E-state index >= 15 is 0 Å². The number of ether oxygens (including phenoxy) is 2. The molecule has 0 amide bonds. The molecule has 482 valence electrons. The van der Waals surface area contributed by atoms with Crippen LogP contribution in [0.1, 0.15) is 348 Å². The first-order valence-electron chi connectivity index (χ1n) is 36.1. The second-order valence-corrected chi connectivity index (χ2v) is 23.9. The quantitative estimate of drug-likeness (QED) is 0.0373. The number of rotatable bonds is 66. The maximum atomic E-state index is 12.3. The Morgan fingerprint density at radius 3 is 0.774 bits per heavy atom. The normalized spacial score (nSPS) is 12.9. The molecule has 1 N–H and O–H groups in total. The van der Waals surface area contributed by atoms with E-state index < -0.39 is 6.10 Å². The maximum absolute atomic E-state index is 12.3. The van der Waals surface area contributed by atoms with Gasteiger partial charge in [-0.25, -0.2) is 0 Å². The van der Waals surface area contributed by atoms with Crippen LogP contribution in [0.25, 0.3) is 0 Å². The summed E-state index contributed by atoms with van der Waals surface area (Å²) in [6.45, 7) is 4.02. The zero-order valence-electron chi connectivity index (χ0n) is 55.4. The first-order valence-corrected chi connectivity index (χ1v) is 36.1. The summed E-state index contributed by atoms with van der Waals surface area (Å²) in [5, 5.41) is 9.70. The van der Waals surface area contributed by atoms with Crippen molar-refractivity contribution in [3.8, 4) is 0 Å². The van der Waals surface area contributed by atoms with Crippen molar-refractivity contribution in [2.24, 2.45) is 0 Å². The molecule has 0 heterocycles. The molecular weight excluding hydrogens is 1030 g/mol. The molecule has 84 heavy (non-hydrogen) atoms. The molecule has 0 saturated carbocycles. The van der Waals surface area contributed by atoms with E-state index in [0.717, 1.165) is 109 Å². The highest BCUT2D eigenvalue weighted by Crippen LogP contribution is 2.18. The lowest BCUT2D eigenvalue weighted by molar-refractivity contribution is -0.161. The molecule has 1 atom stereocenters. The third-order valence-corrected chi connectivity index (χ3v) is 15.7. The summed E-state index contributed by atoms with van der Waals surface area (Å²) in [5.74, 6) is -0.614. The van der Waals surface area contributed by atoms with Crippen molar-refractivity contribution in [2.75, 3.05) is 13.2 Å². The van der Waals surface area contributed by atoms with Gasteiger partial charge in [-0.1, -0.05) is 347 Å². The minimum absolute atomic E-state index is 0.0800. The zero-order chi connectivity index (χ0) is 60.5. The molecule has 0 bridgehead atoms. The summed E-state index contributed by atoms with van der Waals surface area (Å²) in [5.41, 5.74) is 0. The summed E-state index contributed by atoms with van der Waals surface area (Å²) in [7, 11) is 0. The molecule has 0 aliphatic carbocycles. The van der Waals surface area contributed by atoms with Crippen LogP contribution >= 0.6 is 0 Å². The van der Waals surface area contributed by atoms with Crippen LogP contribution in [-0.4, -0.2) is 36.4 Å². The molecule has 0 radical (unpaired) electrons. The Morgan fingerprint density at radius 1 is 0.286 bits per heavy atom. The average Bonchev–Trinajstić information content (AvgIpc) is 3.51. The third kappa shape index (κ3) is 70.8. The van der Waals surface area contributed by atoms with Gasteiger partial charge in [-0.05, 0) is 109 Å². The Kier molecular flexibility index (Phi) is 70.3. The predicted molar refractivity (Wildman–Crippen MR) is 371 cm³/mol. The van der Waals surface area contributed by atoms with Crippen LogP contribution in [0.15, 0.2) is 122 Å². The second-order valence-electron chi connectivity index (χ2n) is 23.9. The molecule has 0 aliphatic rings. The Morgan fingerprint density at radius 2 is 0.512 bits per heavy atom. The molecule has 0 saturated heterocycles. The van der Waals surface area contributed by atoms with E-state index in [-0.39, 0.29) is 25.2 Å². The van der Waals surface area contributed by atoms with Gasteiger partial charge >= 0.3 is 11.9 Å². The second kappa shape index (κ2) is 73.6. The minimum Gasteiger partial charge on any atom is -0.462 e. The Balaban J connectivity index is 3.47. The van der Waals surface area contributed by atoms with Crippen LogP contribution in [0.5, 0.6) is 0 Å². The number of aliphatic hydroxyl groups is 1. The van der Waals surface area contributed by atoms with Gasteiger partial charge in [0.25, 0.3) is 0 Å². The Bertz CT molecular complexity index is 1650. The molecule has 1 unspecified atom stereocenters. The minimum atomic E-state index is -0.794. The molecule has 0 fully saturated rings. The van der Waals surface area contributed by atoms with Crippen LogP contribution in [-0.2, 0) is 19.1 Å². The van der Waals surface area contributed by atoms with Crippen molar-refractivity contribution >= 4 is 11.9 Å². The predicted octanol–water partition coefficient (Wildman–Crippen LogP) is 25.3. The standard InChI is InChI=1S/C79H136O5/c1-3-5-7-9-11-13-15-17-19-21-23-25-27-29-31-33-34-35-36-37-38-39-40-41-42-43-44-46-47-49-51-53-55-57-59-61-63-65-67-69-71-73-78(81)83-76-77(75-80)84-79(82)74-72-70-68-66-64-62-60-58-56-54-52-50-48-45-32-30-28-26-24-22-20-18-16-14-12-10-8-6-4-2/h6,8,12,14-15,17-18,20-21,23-24,26,30,32,48,50,54,56,60,62,77,80H,3-5,7,9-11,13,16,19,22,25,27-29,31,33-47,49,51-53,55,57-59,61,63-76H2,1-2H3/b8-6-,14-12-,17-15-,20-18-,23-21-,26-24-,32-30-,50-48-,56-54-,62-60-. The molecule has 0 aromatic heterocycles. The van der Waals surface area contributed by atoms with E-state index in [9.17, 15) is 14.7 Å². The first-order chi connectivity index (χ1) is 41.6. The number of allylic oxidation sites excluding steroid dienone is 20. The van der Waals surface area contributed by atoms with Crippen molar-refractivity contribution in [3.63, 3.8) is 0 Å². The topological polar surface area (TPSA) is 72.8 Å². The van der Waals surface area contributed by atoms with E-state index in [1.54, 1.807) is 0 Å². The fourth-order valence-corrected chi connectivity index (χ4v) is 10.4. The van der Waals surface area contributed by atoms with Crippen molar-refractivity contribution in [3.05, 3.63) is 122 Å². The molecular formula is C79H136O5. The molecule has 5 nitrogen and oxygen atoms in total. The van der Waals surface area contributed by atoms with Gasteiger partial charge in [0.15, 0.2) is 6.10 Å². The molecule has 5 heteroatoms. The number of aliphatic hydroxyl groups excluding tert-OH is 1. The summed E-state index contributed by atoms with van der Waals surface area (Å²) in [4.78, 5) is 24.6. The van der Waals surface area contributed by atoms with Crippen LogP contribution in [0.3, 0.4) is 0 Å². The van der Waals surface area contributed by atoms with E-state index in [4.69, 9.17) is 9.47 Å². The van der Waals surface area contributed by atoms with E-state index in [1.807, 2.05) is 0 Å². The smallest absolute Gasteiger partial charge is 0.306 e. The van der Waals surface area contributed by atoms with Gasteiger partial charge in [-0.2, -0.15) is 0 Å². The van der Waals surface area contributed by atoms with Gasteiger partial charge in [0.1, 0.15) is 6.61 Å². The van der Waals surface area contributed by atoms with Crippen molar-refractivity contribution in [2.45, 2.75) is 354 Å². The lowest BCUT2D eigenvalue weighted by atomic mass is 10.0. The van der Waals surface area contributed by atoms with Gasteiger partial charge in [0, 0.05) is 12.8 Å². The monoisotopic (exact) mass is 1170 g/mol. The van der Waals surface area contributed by atoms with Crippen LogP contribution < -0.4 is 0 Å². The van der Waals surface area contributed by atoms with Crippen LogP contribution in [0, 0.1) is 0 Å². The van der Waals surface area contributed by atoms with Gasteiger partial charge in [-0.15, -0.1) is 0 Å². The first kappa shape index (κ1) is 80.3. The lowest BCUT2D eigenvalue weighted by Crippen LogP contribution is -2.28. The number of hydrogen-bond donors (Lipinski definition) is 1. The summed E-state index contributed by atoms with van der Waals surface area (Å²) < 4.78 is 10.7. The summed E-state index contributed by atoms with van der Waals surface area (Å²) >= 11 is 0.